The first-order valence-corrected chi connectivity index (χ1v) is 10.4. The van der Waals surface area contributed by atoms with Gasteiger partial charge in [0, 0.05) is 5.69 Å². The van der Waals surface area contributed by atoms with E-state index in [1.54, 1.807) is 36.4 Å². The molecule has 1 heterocycles. The number of benzene rings is 3. The Kier molecular flexibility index (Phi) is 6.03. The second-order valence-electron chi connectivity index (χ2n) is 7.52. The van der Waals surface area contributed by atoms with Crippen molar-refractivity contribution in [3.05, 3.63) is 101 Å². The van der Waals surface area contributed by atoms with Gasteiger partial charge in [-0.1, -0.05) is 42.0 Å². The molecular weight excluding hydrogens is 407 g/mol. The summed E-state index contributed by atoms with van der Waals surface area (Å²) < 4.78 is 18.8. The number of nitrogens with one attached hydrogen (secondary N) is 1. The molecule has 1 aliphatic rings. The number of carbonyl (C=O) groups excluding carboxylic acids is 2. The van der Waals surface area contributed by atoms with Gasteiger partial charge in [-0.2, -0.15) is 0 Å². The lowest BCUT2D eigenvalue weighted by Crippen LogP contribution is -2.32. The summed E-state index contributed by atoms with van der Waals surface area (Å²) in [5.74, 6) is -0.519. The number of imide groups is 1. The van der Waals surface area contributed by atoms with E-state index >= 15 is 0 Å². The number of halogens is 1. The lowest BCUT2D eigenvalue weighted by Gasteiger charge is -2.15. The van der Waals surface area contributed by atoms with E-state index in [-0.39, 0.29) is 18.1 Å². The van der Waals surface area contributed by atoms with E-state index in [1.165, 1.54) is 17.0 Å². The van der Waals surface area contributed by atoms with Crippen LogP contribution in [-0.4, -0.2) is 23.3 Å². The van der Waals surface area contributed by atoms with E-state index in [2.05, 4.69) is 5.32 Å². The van der Waals surface area contributed by atoms with E-state index < -0.39 is 11.8 Å². The minimum Gasteiger partial charge on any atom is -0.494 e. The SMILES string of the molecule is CCOc1ccc(C2=C(Nc3ccc(C)cc3)C(=O)N(Cc3ccc(F)cc3)C2=O)cc1. The lowest BCUT2D eigenvalue weighted by atomic mass is 10.0. The van der Waals surface area contributed by atoms with Crippen molar-refractivity contribution < 1.29 is 18.7 Å². The zero-order valence-electron chi connectivity index (χ0n) is 17.9. The van der Waals surface area contributed by atoms with E-state index in [1.807, 2.05) is 38.1 Å². The molecule has 32 heavy (non-hydrogen) atoms. The van der Waals surface area contributed by atoms with Crippen molar-refractivity contribution in [3.8, 4) is 5.75 Å². The number of nitrogens with zero attached hydrogens (tertiary/aromatic N) is 1. The zero-order chi connectivity index (χ0) is 22.7. The van der Waals surface area contributed by atoms with Crippen molar-refractivity contribution in [2.75, 3.05) is 11.9 Å². The number of aryl methyl sites for hydroxylation is 1. The minimum atomic E-state index is -0.427. The van der Waals surface area contributed by atoms with Gasteiger partial charge in [0.1, 0.15) is 17.3 Å². The fraction of sp³-hybridized carbons (Fsp3) is 0.154. The van der Waals surface area contributed by atoms with Crippen molar-refractivity contribution in [2.45, 2.75) is 20.4 Å². The van der Waals surface area contributed by atoms with Gasteiger partial charge in [-0.3, -0.25) is 14.5 Å². The van der Waals surface area contributed by atoms with Gasteiger partial charge >= 0.3 is 0 Å². The first kappa shape index (κ1) is 21.3. The molecule has 162 valence electrons. The Bertz CT molecular complexity index is 1170. The Balaban J connectivity index is 1.70. The highest BCUT2D eigenvalue weighted by molar-refractivity contribution is 6.36. The summed E-state index contributed by atoms with van der Waals surface area (Å²) in [5.41, 5.74) is 3.58. The van der Waals surface area contributed by atoms with Crippen LogP contribution in [0.5, 0.6) is 5.75 Å². The quantitative estimate of drug-likeness (QED) is 0.541. The van der Waals surface area contributed by atoms with Crippen LogP contribution in [0.1, 0.15) is 23.6 Å². The molecule has 0 spiro atoms. The molecule has 3 aromatic rings. The minimum absolute atomic E-state index is 0.0531. The Morgan fingerprint density at radius 1 is 0.875 bits per heavy atom. The molecule has 4 rings (SSSR count). The highest BCUT2D eigenvalue weighted by atomic mass is 19.1. The standard InChI is InChI=1S/C26H23FN2O3/c1-3-32-22-14-8-19(9-15-22)23-24(28-21-12-4-17(2)5-13-21)26(31)29(25(23)30)16-18-6-10-20(27)11-7-18/h4-15,28H,3,16H2,1-2H3. The highest BCUT2D eigenvalue weighted by Gasteiger charge is 2.39. The van der Waals surface area contributed by atoms with Crippen LogP contribution in [0.25, 0.3) is 5.57 Å². The average Bonchev–Trinajstić information content (AvgIpc) is 3.02. The summed E-state index contributed by atoms with van der Waals surface area (Å²) in [7, 11) is 0. The van der Waals surface area contributed by atoms with Crippen LogP contribution >= 0.6 is 0 Å². The van der Waals surface area contributed by atoms with E-state index in [0.29, 0.717) is 34.7 Å². The van der Waals surface area contributed by atoms with E-state index in [9.17, 15) is 14.0 Å². The summed E-state index contributed by atoms with van der Waals surface area (Å²) in [6.07, 6.45) is 0. The summed E-state index contributed by atoms with van der Waals surface area (Å²) in [6, 6.07) is 20.4. The van der Waals surface area contributed by atoms with Crippen LogP contribution in [0.2, 0.25) is 0 Å². The Morgan fingerprint density at radius 3 is 2.16 bits per heavy atom. The first-order chi connectivity index (χ1) is 15.5. The number of carbonyl (C=O) groups is 2. The maximum Gasteiger partial charge on any atom is 0.278 e. The summed E-state index contributed by atoms with van der Waals surface area (Å²) >= 11 is 0. The van der Waals surface area contributed by atoms with Gasteiger partial charge in [-0.15, -0.1) is 0 Å². The molecule has 0 fully saturated rings. The second-order valence-corrected chi connectivity index (χ2v) is 7.52. The van der Waals surface area contributed by atoms with Gasteiger partial charge in [0.15, 0.2) is 0 Å². The van der Waals surface area contributed by atoms with Gasteiger partial charge < -0.3 is 10.1 Å². The average molecular weight is 430 g/mol. The Hall–Kier alpha value is -3.93. The predicted octanol–water partition coefficient (Wildman–Crippen LogP) is 4.93. The van der Waals surface area contributed by atoms with E-state index in [4.69, 9.17) is 4.74 Å². The third-order valence-corrected chi connectivity index (χ3v) is 5.20. The molecule has 0 aromatic heterocycles. The summed E-state index contributed by atoms with van der Waals surface area (Å²) in [4.78, 5) is 27.8. The van der Waals surface area contributed by atoms with Crippen molar-refractivity contribution in [1.82, 2.24) is 4.90 Å². The third-order valence-electron chi connectivity index (χ3n) is 5.20. The van der Waals surface area contributed by atoms with Gasteiger partial charge in [0.05, 0.1) is 18.7 Å². The number of rotatable bonds is 7. The lowest BCUT2D eigenvalue weighted by molar-refractivity contribution is -0.137. The van der Waals surface area contributed by atoms with Crippen molar-refractivity contribution in [2.24, 2.45) is 0 Å². The van der Waals surface area contributed by atoms with E-state index in [0.717, 1.165) is 5.56 Å². The van der Waals surface area contributed by atoms with Crippen molar-refractivity contribution in [1.29, 1.82) is 0 Å². The number of hydrogen-bond donors (Lipinski definition) is 1. The molecular formula is C26H23FN2O3. The van der Waals surface area contributed by atoms with Gasteiger partial charge in [0.2, 0.25) is 0 Å². The molecule has 1 N–H and O–H groups in total. The maximum absolute atomic E-state index is 13.4. The monoisotopic (exact) mass is 430 g/mol. The van der Waals surface area contributed by atoms with Gasteiger partial charge in [-0.25, -0.2) is 4.39 Å². The normalized spacial score (nSPS) is 13.7. The van der Waals surface area contributed by atoms with Gasteiger partial charge in [-0.05, 0) is 61.4 Å². The molecule has 5 nitrogen and oxygen atoms in total. The van der Waals surface area contributed by atoms with Crippen LogP contribution in [0.3, 0.4) is 0 Å². The maximum atomic E-state index is 13.4. The Morgan fingerprint density at radius 2 is 1.53 bits per heavy atom. The first-order valence-electron chi connectivity index (χ1n) is 10.4. The van der Waals surface area contributed by atoms with Gasteiger partial charge in [0.25, 0.3) is 11.8 Å². The highest BCUT2D eigenvalue weighted by Crippen LogP contribution is 2.32. The molecule has 3 aromatic carbocycles. The third kappa shape index (κ3) is 4.39. The number of ether oxygens (including phenoxy) is 1. The fourth-order valence-electron chi connectivity index (χ4n) is 3.54. The zero-order valence-corrected chi connectivity index (χ0v) is 17.9. The fourth-order valence-corrected chi connectivity index (χ4v) is 3.54. The summed E-state index contributed by atoms with van der Waals surface area (Å²) in [5, 5.41) is 3.14. The molecule has 0 saturated carbocycles. The molecule has 0 unspecified atom stereocenters. The smallest absolute Gasteiger partial charge is 0.278 e. The predicted molar refractivity (Wildman–Crippen MR) is 121 cm³/mol. The number of amides is 2. The molecule has 1 aliphatic heterocycles. The van der Waals surface area contributed by atoms with Crippen molar-refractivity contribution >= 4 is 23.1 Å². The molecule has 0 bridgehead atoms. The number of anilines is 1. The molecule has 6 heteroatoms. The molecule has 2 amide bonds. The van der Waals surface area contributed by atoms with Crippen LogP contribution in [-0.2, 0) is 16.1 Å². The number of hydrogen-bond acceptors (Lipinski definition) is 4. The van der Waals surface area contributed by atoms with Crippen LogP contribution in [0.4, 0.5) is 10.1 Å². The molecule has 0 atom stereocenters. The van der Waals surface area contributed by atoms with Crippen LogP contribution < -0.4 is 10.1 Å². The molecule has 0 saturated heterocycles. The largest absolute Gasteiger partial charge is 0.494 e. The second kappa shape index (κ2) is 9.06. The molecule has 0 radical (unpaired) electrons. The van der Waals surface area contributed by atoms with Crippen molar-refractivity contribution in [3.63, 3.8) is 0 Å². The van der Waals surface area contributed by atoms with Crippen LogP contribution in [0, 0.1) is 12.7 Å². The Labute approximate surface area is 186 Å². The molecule has 0 aliphatic carbocycles. The topological polar surface area (TPSA) is 58.6 Å². The summed E-state index contributed by atoms with van der Waals surface area (Å²) in [6.45, 7) is 4.46. The van der Waals surface area contributed by atoms with Crippen LogP contribution in [0.15, 0.2) is 78.5 Å².